The van der Waals surface area contributed by atoms with Gasteiger partial charge in [-0.3, -0.25) is 0 Å². The molecule has 7 heteroatoms. The standard InChI is InChI=1S/C22H30F6O/c1-14(2)13-19(15(3)4)16-9-11-17(12-10-16)20(21(23,24)25,22(26,27)28)29-18-7-5-6-8-18/h9-12,14-15,18-19H,5-8,13H2,1-4H3. The number of halogens is 6. The lowest BCUT2D eigenvalue weighted by molar-refractivity contribution is -0.398. The van der Waals surface area contributed by atoms with Gasteiger partial charge in [-0.2, -0.15) is 26.3 Å². The largest absolute Gasteiger partial charge is 0.430 e. The van der Waals surface area contributed by atoms with E-state index in [0.29, 0.717) is 18.8 Å². The number of alkyl halides is 6. The average molecular weight is 424 g/mol. The van der Waals surface area contributed by atoms with E-state index in [-0.39, 0.29) is 24.7 Å². The number of rotatable bonds is 7. The van der Waals surface area contributed by atoms with Crippen molar-refractivity contribution in [1.82, 2.24) is 0 Å². The van der Waals surface area contributed by atoms with Crippen molar-refractivity contribution >= 4 is 0 Å². The van der Waals surface area contributed by atoms with Crippen molar-refractivity contribution in [1.29, 1.82) is 0 Å². The van der Waals surface area contributed by atoms with Crippen LogP contribution in [-0.4, -0.2) is 18.5 Å². The highest BCUT2D eigenvalue weighted by Gasteiger charge is 2.74. The maximum atomic E-state index is 13.9. The highest BCUT2D eigenvalue weighted by atomic mass is 19.4. The Labute approximate surface area is 168 Å². The molecule has 166 valence electrons. The van der Waals surface area contributed by atoms with Gasteiger partial charge in [0.15, 0.2) is 0 Å². The van der Waals surface area contributed by atoms with Gasteiger partial charge in [-0.05, 0) is 42.6 Å². The van der Waals surface area contributed by atoms with E-state index in [1.54, 1.807) is 0 Å². The lowest BCUT2D eigenvalue weighted by Gasteiger charge is -2.39. The highest BCUT2D eigenvalue weighted by Crippen LogP contribution is 2.54. The lowest BCUT2D eigenvalue weighted by Crippen LogP contribution is -2.57. The van der Waals surface area contributed by atoms with Crippen LogP contribution in [0.3, 0.4) is 0 Å². The van der Waals surface area contributed by atoms with Crippen LogP contribution in [0.1, 0.15) is 76.8 Å². The molecule has 1 aromatic rings. The molecule has 0 amide bonds. The van der Waals surface area contributed by atoms with Crippen molar-refractivity contribution in [3.8, 4) is 0 Å². The van der Waals surface area contributed by atoms with E-state index >= 15 is 0 Å². The molecule has 1 unspecified atom stereocenters. The SMILES string of the molecule is CC(C)CC(c1ccc(C(OC2CCCC2)(C(F)(F)F)C(F)(F)F)cc1)C(C)C. The lowest BCUT2D eigenvalue weighted by atomic mass is 9.81. The molecular weight excluding hydrogens is 394 g/mol. The van der Waals surface area contributed by atoms with Crippen LogP contribution in [-0.2, 0) is 10.3 Å². The van der Waals surface area contributed by atoms with Crippen molar-refractivity contribution < 1.29 is 31.1 Å². The summed E-state index contributed by atoms with van der Waals surface area (Å²) in [7, 11) is 0. The van der Waals surface area contributed by atoms with Gasteiger partial charge in [-0.25, -0.2) is 0 Å². The molecule has 1 saturated carbocycles. The first kappa shape index (κ1) is 24.0. The van der Waals surface area contributed by atoms with E-state index in [4.69, 9.17) is 4.74 Å². The molecule has 0 spiro atoms. The zero-order chi connectivity index (χ0) is 22.0. The Morgan fingerprint density at radius 2 is 1.34 bits per heavy atom. The minimum atomic E-state index is -5.62. The quantitative estimate of drug-likeness (QED) is 0.407. The maximum absolute atomic E-state index is 13.9. The normalized spacial score (nSPS) is 18.1. The van der Waals surface area contributed by atoms with Gasteiger partial charge in [0, 0.05) is 5.56 Å². The van der Waals surface area contributed by atoms with E-state index < -0.39 is 29.6 Å². The topological polar surface area (TPSA) is 9.23 Å². The minimum Gasteiger partial charge on any atom is -0.351 e. The van der Waals surface area contributed by atoms with Crippen LogP contribution in [0.15, 0.2) is 24.3 Å². The molecular formula is C22H30F6O. The Balaban J connectivity index is 2.50. The van der Waals surface area contributed by atoms with E-state index in [0.717, 1.165) is 24.1 Å². The molecule has 1 fully saturated rings. The minimum absolute atomic E-state index is 0.0611. The summed E-state index contributed by atoms with van der Waals surface area (Å²) in [6, 6.07) is 4.68. The summed E-state index contributed by atoms with van der Waals surface area (Å²) in [4.78, 5) is 0. The fourth-order valence-electron chi connectivity index (χ4n) is 4.21. The van der Waals surface area contributed by atoms with Crippen molar-refractivity contribution in [2.75, 3.05) is 0 Å². The van der Waals surface area contributed by atoms with Crippen molar-refractivity contribution in [3.63, 3.8) is 0 Å². The Kier molecular flexibility index (Phi) is 7.35. The molecule has 0 N–H and O–H groups in total. The van der Waals surface area contributed by atoms with E-state index in [9.17, 15) is 26.3 Å². The maximum Gasteiger partial charge on any atom is 0.430 e. The zero-order valence-corrected chi connectivity index (χ0v) is 17.3. The monoisotopic (exact) mass is 424 g/mol. The number of hydrogen-bond acceptors (Lipinski definition) is 1. The van der Waals surface area contributed by atoms with Crippen LogP contribution in [0.2, 0.25) is 0 Å². The summed E-state index contributed by atoms with van der Waals surface area (Å²) in [5, 5.41) is 0. The second kappa shape index (κ2) is 8.86. The molecule has 0 radical (unpaired) electrons. The van der Waals surface area contributed by atoms with Gasteiger partial charge in [0.05, 0.1) is 6.10 Å². The van der Waals surface area contributed by atoms with E-state index in [1.807, 2.05) is 27.7 Å². The molecule has 1 aromatic carbocycles. The molecule has 1 aliphatic rings. The number of hydrogen-bond donors (Lipinski definition) is 0. The predicted molar refractivity (Wildman–Crippen MR) is 101 cm³/mol. The molecule has 0 aliphatic heterocycles. The molecule has 1 nitrogen and oxygen atoms in total. The third-order valence-electron chi connectivity index (χ3n) is 5.72. The van der Waals surface area contributed by atoms with Crippen molar-refractivity contribution in [2.45, 2.75) is 89.8 Å². The summed E-state index contributed by atoms with van der Waals surface area (Å²) in [6.07, 6.45) is -9.94. The molecule has 0 saturated heterocycles. The Morgan fingerprint density at radius 3 is 1.72 bits per heavy atom. The molecule has 0 heterocycles. The van der Waals surface area contributed by atoms with Gasteiger partial charge >= 0.3 is 12.4 Å². The van der Waals surface area contributed by atoms with Crippen molar-refractivity contribution in [3.05, 3.63) is 35.4 Å². The fraction of sp³-hybridized carbons (Fsp3) is 0.727. The molecule has 2 rings (SSSR count). The van der Waals surface area contributed by atoms with Crippen LogP contribution < -0.4 is 0 Å². The smallest absolute Gasteiger partial charge is 0.351 e. The molecule has 1 aliphatic carbocycles. The van der Waals surface area contributed by atoms with Gasteiger partial charge < -0.3 is 4.74 Å². The summed E-state index contributed by atoms with van der Waals surface area (Å²) in [5.74, 6) is 0.635. The third kappa shape index (κ3) is 5.09. The first-order valence-corrected chi connectivity index (χ1v) is 10.2. The Bertz CT molecular complexity index is 625. The third-order valence-corrected chi connectivity index (χ3v) is 5.72. The first-order chi connectivity index (χ1) is 13.3. The molecule has 0 aromatic heterocycles. The molecule has 0 bridgehead atoms. The van der Waals surface area contributed by atoms with Crippen LogP contribution in [0, 0.1) is 11.8 Å². The summed E-state index contributed by atoms with van der Waals surface area (Å²) < 4.78 is 88.4. The average Bonchev–Trinajstić information content (AvgIpc) is 3.08. The predicted octanol–water partition coefficient (Wildman–Crippen LogP) is 7.75. The number of ether oxygens (including phenoxy) is 1. The van der Waals surface area contributed by atoms with Gasteiger partial charge in [-0.1, -0.05) is 64.8 Å². The summed E-state index contributed by atoms with van der Waals surface area (Å²) in [6.45, 7) is 8.08. The first-order valence-electron chi connectivity index (χ1n) is 10.2. The van der Waals surface area contributed by atoms with Gasteiger partial charge in [0.25, 0.3) is 5.60 Å². The fourth-order valence-corrected chi connectivity index (χ4v) is 4.21. The second-order valence-electron chi connectivity index (χ2n) is 8.80. The number of benzene rings is 1. The van der Waals surface area contributed by atoms with Gasteiger partial charge in [-0.15, -0.1) is 0 Å². The highest BCUT2D eigenvalue weighted by molar-refractivity contribution is 5.32. The van der Waals surface area contributed by atoms with Crippen molar-refractivity contribution in [2.24, 2.45) is 11.8 Å². The second-order valence-corrected chi connectivity index (χ2v) is 8.80. The van der Waals surface area contributed by atoms with E-state index in [1.165, 1.54) is 12.1 Å². The zero-order valence-electron chi connectivity index (χ0n) is 17.3. The summed E-state index contributed by atoms with van der Waals surface area (Å²) in [5.41, 5.74) is -4.46. The van der Waals surface area contributed by atoms with Crippen LogP contribution in [0.25, 0.3) is 0 Å². The van der Waals surface area contributed by atoms with Crippen LogP contribution >= 0.6 is 0 Å². The van der Waals surface area contributed by atoms with Gasteiger partial charge in [0.2, 0.25) is 0 Å². The van der Waals surface area contributed by atoms with E-state index in [2.05, 4.69) is 0 Å². The molecule has 1 atom stereocenters. The molecule has 29 heavy (non-hydrogen) atoms. The van der Waals surface area contributed by atoms with Gasteiger partial charge in [0.1, 0.15) is 0 Å². The Hall–Kier alpha value is -1.24. The van der Waals surface area contributed by atoms with Crippen LogP contribution in [0.4, 0.5) is 26.3 Å². The van der Waals surface area contributed by atoms with Crippen LogP contribution in [0.5, 0.6) is 0 Å². The summed E-state index contributed by atoms with van der Waals surface area (Å²) >= 11 is 0. The Morgan fingerprint density at radius 1 is 0.862 bits per heavy atom.